The third kappa shape index (κ3) is 10.5. The lowest BCUT2D eigenvalue weighted by atomic mass is 9.81. The minimum Gasteiger partial charge on any atom is -0.426 e. The molecular weight excluding hydrogens is 581 g/mol. The molecule has 0 aliphatic heterocycles. The van der Waals surface area contributed by atoms with Crippen LogP contribution in [0.2, 0.25) is 0 Å². The van der Waals surface area contributed by atoms with E-state index in [9.17, 15) is 19.6 Å². The van der Waals surface area contributed by atoms with Crippen molar-refractivity contribution in [2.75, 3.05) is 19.4 Å². The SMILES string of the molecule is COOC(=O)c1cccc(CC(SCCNC(=O)c2ccc(CN(Cc3ccccn3)Cc3ccccn3)nc2)B(O)O)c1. The molecule has 0 aliphatic carbocycles. The van der Waals surface area contributed by atoms with E-state index in [0.717, 1.165) is 22.6 Å². The van der Waals surface area contributed by atoms with E-state index in [0.29, 0.717) is 49.5 Å². The van der Waals surface area contributed by atoms with E-state index < -0.39 is 18.2 Å². The molecule has 0 fully saturated rings. The fourth-order valence-corrected chi connectivity index (χ4v) is 5.40. The first-order valence-electron chi connectivity index (χ1n) is 14.0. The summed E-state index contributed by atoms with van der Waals surface area (Å²) in [6, 6.07) is 21.9. The van der Waals surface area contributed by atoms with Crippen molar-refractivity contribution < 1.29 is 29.4 Å². The highest BCUT2D eigenvalue weighted by Crippen LogP contribution is 2.19. The van der Waals surface area contributed by atoms with Crippen LogP contribution in [0.3, 0.4) is 0 Å². The first kappa shape index (κ1) is 32.8. The Hall–Kier alpha value is -4.14. The van der Waals surface area contributed by atoms with Gasteiger partial charge in [0.1, 0.15) is 0 Å². The molecule has 44 heavy (non-hydrogen) atoms. The highest BCUT2D eigenvalue weighted by atomic mass is 32.2. The minimum absolute atomic E-state index is 0.270. The van der Waals surface area contributed by atoms with Crippen molar-refractivity contribution in [1.29, 1.82) is 0 Å². The van der Waals surface area contributed by atoms with Crippen LogP contribution in [-0.4, -0.2) is 73.5 Å². The van der Waals surface area contributed by atoms with E-state index in [2.05, 4.69) is 34.9 Å². The Morgan fingerprint density at radius 3 is 2.14 bits per heavy atom. The quantitative estimate of drug-likeness (QED) is 0.0740. The first-order valence-corrected chi connectivity index (χ1v) is 15.0. The van der Waals surface area contributed by atoms with Gasteiger partial charge in [-0.3, -0.25) is 29.5 Å². The summed E-state index contributed by atoms with van der Waals surface area (Å²) in [6.45, 7) is 2.10. The van der Waals surface area contributed by atoms with Crippen LogP contribution in [0.4, 0.5) is 0 Å². The summed E-state index contributed by atoms with van der Waals surface area (Å²) >= 11 is 1.31. The van der Waals surface area contributed by atoms with E-state index in [1.807, 2.05) is 42.5 Å². The van der Waals surface area contributed by atoms with Crippen molar-refractivity contribution in [3.63, 3.8) is 0 Å². The van der Waals surface area contributed by atoms with Crippen LogP contribution in [0.1, 0.15) is 43.4 Å². The number of pyridine rings is 3. The molecule has 0 saturated carbocycles. The zero-order valence-electron chi connectivity index (χ0n) is 24.3. The molecule has 3 aromatic heterocycles. The summed E-state index contributed by atoms with van der Waals surface area (Å²) in [5, 5.41) is 22.1. The maximum absolute atomic E-state index is 12.7. The first-order chi connectivity index (χ1) is 21.4. The highest BCUT2D eigenvalue weighted by Gasteiger charge is 2.24. The fourth-order valence-electron chi connectivity index (χ4n) is 4.40. The molecule has 3 heterocycles. The van der Waals surface area contributed by atoms with Gasteiger partial charge in [0, 0.05) is 55.7 Å². The zero-order chi connectivity index (χ0) is 31.1. The maximum Gasteiger partial charge on any atom is 0.465 e. The summed E-state index contributed by atoms with van der Waals surface area (Å²) in [5.41, 5.74) is 4.14. The van der Waals surface area contributed by atoms with Gasteiger partial charge in [0.15, 0.2) is 0 Å². The molecule has 4 rings (SSSR count). The molecule has 0 bridgehead atoms. The standard InChI is InChI=1S/C31H34BN5O6S/c1-42-43-31(39)24-8-6-7-23(17-24)18-29(32(40)41)44-16-15-35-30(38)25-11-12-28(36-19-25)22-37(20-26-9-2-4-13-33-26)21-27-10-3-5-14-34-27/h2-14,17,19,29,40-41H,15-16,18,20-22H2,1H3,(H,35,38). The van der Waals surface area contributed by atoms with Gasteiger partial charge in [0.2, 0.25) is 0 Å². The highest BCUT2D eigenvalue weighted by molar-refractivity contribution is 8.01. The van der Waals surface area contributed by atoms with Crippen LogP contribution >= 0.6 is 11.8 Å². The molecule has 11 nitrogen and oxygen atoms in total. The maximum atomic E-state index is 12.7. The fraction of sp³-hybridized carbons (Fsp3) is 0.258. The molecular formula is C31H34BN5O6S. The van der Waals surface area contributed by atoms with E-state index in [1.54, 1.807) is 48.9 Å². The Morgan fingerprint density at radius 1 is 0.886 bits per heavy atom. The van der Waals surface area contributed by atoms with Crippen molar-refractivity contribution >= 4 is 30.8 Å². The molecule has 1 unspecified atom stereocenters. The monoisotopic (exact) mass is 615 g/mol. The summed E-state index contributed by atoms with van der Waals surface area (Å²) in [6.07, 6.45) is 5.40. The normalized spacial score (nSPS) is 11.6. The smallest absolute Gasteiger partial charge is 0.426 e. The number of benzene rings is 1. The lowest BCUT2D eigenvalue weighted by molar-refractivity contribution is -0.216. The molecule has 1 aromatic carbocycles. The second kappa shape index (κ2) is 17.2. The second-order valence-electron chi connectivity index (χ2n) is 9.85. The third-order valence-corrected chi connectivity index (χ3v) is 7.78. The lowest BCUT2D eigenvalue weighted by Gasteiger charge is -2.21. The van der Waals surface area contributed by atoms with Crippen LogP contribution in [-0.2, 0) is 35.8 Å². The van der Waals surface area contributed by atoms with E-state index in [1.165, 1.54) is 18.9 Å². The van der Waals surface area contributed by atoms with Crippen LogP contribution in [0.25, 0.3) is 0 Å². The Bertz CT molecular complexity index is 1430. The average Bonchev–Trinajstić information content (AvgIpc) is 3.04. The van der Waals surface area contributed by atoms with Crippen molar-refractivity contribution in [1.82, 2.24) is 25.2 Å². The largest absolute Gasteiger partial charge is 0.465 e. The molecule has 4 aromatic rings. The van der Waals surface area contributed by atoms with Crippen LogP contribution in [0.15, 0.2) is 91.4 Å². The van der Waals surface area contributed by atoms with Gasteiger partial charge in [-0.25, -0.2) is 4.79 Å². The zero-order valence-corrected chi connectivity index (χ0v) is 25.1. The predicted molar refractivity (Wildman–Crippen MR) is 167 cm³/mol. The lowest BCUT2D eigenvalue weighted by Crippen LogP contribution is -2.32. The van der Waals surface area contributed by atoms with Gasteiger partial charge in [0.25, 0.3) is 5.91 Å². The Labute approximate surface area is 260 Å². The van der Waals surface area contributed by atoms with Gasteiger partial charge in [-0.1, -0.05) is 24.3 Å². The molecule has 0 aliphatic rings. The molecule has 0 spiro atoms. The summed E-state index contributed by atoms with van der Waals surface area (Å²) in [7, 11) is -0.344. The molecule has 1 atom stereocenters. The number of thioether (sulfide) groups is 1. The number of carbonyl (C=O) groups excluding carboxylic acids is 2. The van der Waals surface area contributed by atoms with Crippen molar-refractivity contribution in [2.45, 2.75) is 31.2 Å². The van der Waals surface area contributed by atoms with Crippen LogP contribution in [0, 0.1) is 0 Å². The molecule has 0 radical (unpaired) electrons. The number of hydrogen-bond acceptors (Lipinski definition) is 11. The molecule has 0 saturated heterocycles. The summed E-state index contributed by atoms with van der Waals surface area (Å²) in [4.78, 5) is 49.2. The van der Waals surface area contributed by atoms with Crippen molar-refractivity contribution in [3.8, 4) is 0 Å². The van der Waals surface area contributed by atoms with Crippen LogP contribution in [0.5, 0.6) is 0 Å². The van der Waals surface area contributed by atoms with Crippen molar-refractivity contribution in [3.05, 3.63) is 125 Å². The molecule has 3 N–H and O–H groups in total. The van der Waals surface area contributed by atoms with E-state index in [-0.39, 0.29) is 5.91 Å². The van der Waals surface area contributed by atoms with E-state index >= 15 is 0 Å². The number of nitrogens with zero attached hydrogens (tertiary/aromatic N) is 4. The summed E-state index contributed by atoms with van der Waals surface area (Å²) < 4.78 is 0. The van der Waals surface area contributed by atoms with Gasteiger partial charge in [-0.2, -0.15) is 16.6 Å². The van der Waals surface area contributed by atoms with Gasteiger partial charge in [0.05, 0.1) is 35.3 Å². The van der Waals surface area contributed by atoms with Gasteiger partial charge in [-0.05, 0) is 60.5 Å². The van der Waals surface area contributed by atoms with Crippen LogP contribution < -0.4 is 5.32 Å². The Balaban J connectivity index is 1.27. The molecule has 1 amide bonds. The van der Waals surface area contributed by atoms with Gasteiger partial charge in [-0.15, -0.1) is 0 Å². The minimum atomic E-state index is -1.59. The van der Waals surface area contributed by atoms with Gasteiger partial charge >= 0.3 is 13.1 Å². The number of rotatable bonds is 16. The number of hydrogen-bond donors (Lipinski definition) is 3. The average molecular weight is 616 g/mol. The number of amides is 1. The van der Waals surface area contributed by atoms with E-state index in [4.69, 9.17) is 0 Å². The predicted octanol–water partition coefficient (Wildman–Crippen LogP) is 2.88. The second-order valence-corrected chi connectivity index (χ2v) is 11.2. The number of carbonyl (C=O) groups is 2. The molecule has 13 heteroatoms. The van der Waals surface area contributed by atoms with Gasteiger partial charge < -0.3 is 15.4 Å². The Kier molecular flexibility index (Phi) is 12.8. The topological polar surface area (TPSA) is 147 Å². The summed E-state index contributed by atoms with van der Waals surface area (Å²) in [5.74, 6) is -0.463. The third-order valence-electron chi connectivity index (χ3n) is 6.51. The molecule has 228 valence electrons. The number of nitrogens with one attached hydrogen (secondary N) is 1. The number of aromatic nitrogens is 3. The van der Waals surface area contributed by atoms with Crippen molar-refractivity contribution in [2.24, 2.45) is 0 Å². The Morgan fingerprint density at radius 2 is 1.57 bits per heavy atom.